The molecule has 0 amide bonds. The van der Waals surface area contributed by atoms with E-state index in [2.05, 4.69) is 15.2 Å². The van der Waals surface area contributed by atoms with Gasteiger partial charge in [-0.05, 0) is 31.5 Å². The number of hydrogen-bond acceptors (Lipinski definition) is 6. The molecule has 8 nitrogen and oxygen atoms in total. The van der Waals surface area contributed by atoms with Crippen LogP contribution >= 0.6 is 0 Å². The summed E-state index contributed by atoms with van der Waals surface area (Å²) >= 11 is 0. The maximum absolute atomic E-state index is 10.7. The Kier molecular flexibility index (Phi) is 4.94. The van der Waals surface area contributed by atoms with Gasteiger partial charge in [0.15, 0.2) is 0 Å². The van der Waals surface area contributed by atoms with Crippen LogP contribution in [0, 0.1) is 10.1 Å². The normalized spacial score (nSPS) is 15.7. The van der Waals surface area contributed by atoms with E-state index in [0.717, 1.165) is 57.1 Å². The number of nitrogens with zero attached hydrogens (tertiary/aromatic N) is 5. The molecule has 2 aromatic rings. The van der Waals surface area contributed by atoms with Gasteiger partial charge in [-0.2, -0.15) is 0 Å². The van der Waals surface area contributed by atoms with Gasteiger partial charge in [-0.25, -0.2) is 4.68 Å². The number of non-ortho nitro benzene ring substituents is 1. The van der Waals surface area contributed by atoms with Crippen LogP contribution in [0.4, 0.5) is 5.69 Å². The molecule has 1 aromatic heterocycles. The molecule has 1 saturated heterocycles. The van der Waals surface area contributed by atoms with Crippen LogP contribution in [0.1, 0.15) is 12.1 Å². The first-order chi connectivity index (χ1) is 11.2. The molecule has 1 aliphatic rings. The predicted octanol–water partition coefficient (Wildman–Crippen LogP) is 1.44. The van der Waals surface area contributed by atoms with Crippen LogP contribution < -0.4 is 0 Å². The van der Waals surface area contributed by atoms with Crippen LogP contribution in [0.2, 0.25) is 0 Å². The summed E-state index contributed by atoms with van der Waals surface area (Å²) in [5, 5.41) is 18.9. The molecule has 0 bridgehead atoms. The third-order valence-electron chi connectivity index (χ3n) is 3.88. The van der Waals surface area contributed by atoms with Gasteiger partial charge in [0.25, 0.3) is 5.69 Å². The monoisotopic (exact) mass is 317 g/mol. The molecule has 0 spiro atoms. The lowest BCUT2D eigenvalue weighted by molar-refractivity contribution is -0.384. The van der Waals surface area contributed by atoms with Crippen molar-refractivity contribution in [3.05, 3.63) is 46.3 Å². The average molecular weight is 317 g/mol. The average Bonchev–Trinajstić information content (AvgIpc) is 3.05. The van der Waals surface area contributed by atoms with Crippen molar-refractivity contribution >= 4 is 5.69 Å². The van der Waals surface area contributed by atoms with E-state index in [1.807, 2.05) is 6.20 Å². The zero-order valence-electron chi connectivity index (χ0n) is 12.8. The van der Waals surface area contributed by atoms with E-state index in [1.54, 1.807) is 16.8 Å². The van der Waals surface area contributed by atoms with Crippen molar-refractivity contribution in [1.82, 2.24) is 19.9 Å². The molecule has 0 unspecified atom stereocenters. The minimum Gasteiger partial charge on any atom is -0.379 e. The molecular formula is C15H19N5O3. The highest BCUT2D eigenvalue weighted by Crippen LogP contribution is 2.15. The highest BCUT2D eigenvalue weighted by molar-refractivity contribution is 5.40. The van der Waals surface area contributed by atoms with Crippen molar-refractivity contribution in [2.75, 3.05) is 32.8 Å². The third-order valence-corrected chi connectivity index (χ3v) is 3.88. The maximum Gasteiger partial charge on any atom is 0.269 e. The van der Waals surface area contributed by atoms with E-state index < -0.39 is 4.92 Å². The van der Waals surface area contributed by atoms with Crippen LogP contribution in [0.5, 0.6) is 0 Å². The fourth-order valence-electron chi connectivity index (χ4n) is 2.57. The first-order valence-electron chi connectivity index (χ1n) is 7.68. The molecule has 1 aliphatic heterocycles. The van der Waals surface area contributed by atoms with Crippen LogP contribution in [0.15, 0.2) is 30.5 Å². The van der Waals surface area contributed by atoms with Crippen LogP contribution in [0.25, 0.3) is 5.69 Å². The van der Waals surface area contributed by atoms with E-state index in [0.29, 0.717) is 0 Å². The molecule has 0 atom stereocenters. The van der Waals surface area contributed by atoms with Gasteiger partial charge in [-0.1, -0.05) is 5.21 Å². The van der Waals surface area contributed by atoms with Gasteiger partial charge in [-0.15, -0.1) is 5.10 Å². The predicted molar refractivity (Wildman–Crippen MR) is 83.6 cm³/mol. The molecule has 1 aromatic carbocycles. The number of rotatable bonds is 6. The van der Waals surface area contributed by atoms with Crippen molar-refractivity contribution in [2.45, 2.75) is 12.8 Å². The number of ether oxygens (including phenoxy) is 1. The molecule has 0 saturated carbocycles. The quantitative estimate of drug-likeness (QED) is 0.592. The summed E-state index contributed by atoms with van der Waals surface area (Å²) in [4.78, 5) is 12.6. The zero-order valence-corrected chi connectivity index (χ0v) is 12.8. The van der Waals surface area contributed by atoms with Crippen molar-refractivity contribution < 1.29 is 9.66 Å². The SMILES string of the molecule is O=[N+]([O-])c1ccc(-n2cc(CCCN3CCOCC3)nn2)cc1. The molecular weight excluding hydrogens is 298 g/mol. The number of nitro groups is 1. The van der Waals surface area contributed by atoms with Crippen molar-refractivity contribution in [3.63, 3.8) is 0 Å². The highest BCUT2D eigenvalue weighted by atomic mass is 16.6. The number of aromatic nitrogens is 3. The minimum atomic E-state index is -0.415. The Morgan fingerprint density at radius 3 is 2.65 bits per heavy atom. The summed E-state index contributed by atoms with van der Waals surface area (Å²) in [5.74, 6) is 0. The molecule has 8 heteroatoms. The highest BCUT2D eigenvalue weighted by Gasteiger charge is 2.11. The Labute approximate surface area is 133 Å². The van der Waals surface area contributed by atoms with Crippen molar-refractivity contribution in [3.8, 4) is 5.69 Å². The summed E-state index contributed by atoms with van der Waals surface area (Å²) < 4.78 is 6.98. The van der Waals surface area contributed by atoms with Gasteiger partial charge in [0.1, 0.15) is 0 Å². The molecule has 0 N–H and O–H groups in total. The number of morpholine rings is 1. The van der Waals surface area contributed by atoms with Gasteiger partial charge >= 0.3 is 0 Å². The molecule has 23 heavy (non-hydrogen) atoms. The maximum atomic E-state index is 10.7. The largest absolute Gasteiger partial charge is 0.379 e. The topological polar surface area (TPSA) is 86.3 Å². The van der Waals surface area contributed by atoms with Crippen LogP contribution in [-0.4, -0.2) is 57.7 Å². The van der Waals surface area contributed by atoms with E-state index in [9.17, 15) is 10.1 Å². The standard InChI is InChI=1S/C15H19N5O3/c21-20(22)15-5-3-14(4-6-15)19-12-13(16-17-19)2-1-7-18-8-10-23-11-9-18/h3-6,12H,1-2,7-11H2. The van der Waals surface area contributed by atoms with Crippen molar-refractivity contribution in [1.29, 1.82) is 0 Å². The number of hydrogen-bond donors (Lipinski definition) is 0. The molecule has 0 radical (unpaired) electrons. The number of nitro benzene ring substituents is 1. The Hall–Kier alpha value is -2.32. The summed E-state index contributed by atoms with van der Waals surface area (Å²) in [6.45, 7) is 4.66. The Balaban J connectivity index is 1.54. The zero-order chi connectivity index (χ0) is 16.1. The van der Waals surface area contributed by atoms with Crippen molar-refractivity contribution in [2.24, 2.45) is 0 Å². The fourth-order valence-corrected chi connectivity index (χ4v) is 2.57. The molecule has 1 fully saturated rings. The Bertz CT molecular complexity index is 649. The van der Waals surface area contributed by atoms with Crippen LogP contribution in [-0.2, 0) is 11.2 Å². The smallest absolute Gasteiger partial charge is 0.269 e. The third kappa shape index (κ3) is 4.11. The Morgan fingerprint density at radius 2 is 1.96 bits per heavy atom. The van der Waals surface area contributed by atoms with E-state index in [1.165, 1.54) is 12.1 Å². The van der Waals surface area contributed by atoms with Gasteiger partial charge in [0, 0.05) is 25.2 Å². The lowest BCUT2D eigenvalue weighted by Crippen LogP contribution is -2.36. The number of aryl methyl sites for hydroxylation is 1. The molecule has 3 rings (SSSR count). The van der Waals surface area contributed by atoms with E-state index in [4.69, 9.17) is 4.74 Å². The summed E-state index contributed by atoms with van der Waals surface area (Å²) in [7, 11) is 0. The van der Waals surface area contributed by atoms with E-state index >= 15 is 0 Å². The summed E-state index contributed by atoms with van der Waals surface area (Å²) in [6.07, 6.45) is 3.77. The lowest BCUT2D eigenvalue weighted by Gasteiger charge is -2.26. The second-order valence-electron chi connectivity index (χ2n) is 5.49. The lowest BCUT2D eigenvalue weighted by atomic mass is 10.2. The second kappa shape index (κ2) is 7.30. The first kappa shape index (κ1) is 15.6. The van der Waals surface area contributed by atoms with Gasteiger partial charge in [0.2, 0.25) is 0 Å². The number of benzene rings is 1. The van der Waals surface area contributed by atoms with Gasteiger partial charge in [0.05, 0.1) is 35.7 Å². The van der Waals surface area contributed by atoms with Crippen LogP contribution in [0.3, 0.4) is 0 Å². The minimum absolute atomic E-state index is 0.0691. The molecule has 2 heterocycles. The van der Waals surface area contributed by atoms with Gasteiger partial charge in [-0.3, -0.25) is 15.0 Å². The Morgan fingerprint density at radius 1 is 1.22 bits per heavy atom. The summed E-state index contributed by atoms with van der Waals surface area (Å²) in [6, 6.07) is 6.28. The van der Waals surface area contributed by atoms with E-state index in [-0.39, 0.29) is 5.69 Å². The van der Waals surface area contributed by atoms with Gasteiger partial charge < -0.3 is 4.74 Å². The molecule has 122 valence electrons. The first-order valence-corrected chi connectivity index (χ1v) is 7.68. The molecule has 0 aliphatic carbocycles. The second-order valence-corrected chi connectivity index (χ2v) is 5.49. The fraction of sp³-hybridized carbons (Fsp3) is 0.467. The summed E-state index contributed by atoms with van der Waals surface area (Å²) in [5.41, 5.74) is 1.76.